The topological polar surface area (TPSA) is 32.3 Å². The van der Waals surface area contributed by atoms with Crippen molar-refractivity contribution in [1.29, 1.82) is 0 Å². The van der Waals surface area contributed by atoms with E-state index in [1.807, 2.05) is 11.9 Å². The third kappa shape index (κ3) is 2.33. The molecule has 0 radical (unpaired) electrons. The van der Waals surface area contributed by atoms with Crippen molar-refractivity contribution in [2.45, 2.75) is 46.1 Å². The molecule has 1 N–H and O–H groups in total. The smallest absolute Gasteiger partial charge is 0.230 e. The number of nitrogens with zero attached hydrogens (tertiary/aromatic N) is 1. The van der Waals surface area contributed by atoms with Crippen LogP contribution in [0.15, 0.2) is 0 Å². The van der Waals surface area contributed by atoms with Crippen LogP contribution >= 0.6 is 0 Å². The second-order valence-corrected chi connectivity index (χ2v) is 4.73. The number of carbonyl (C=O) groups excluding carboxylic acids is 1. The van der Waals surface area contributed by atoms with E-state index >= 15 is 0 Å². The molecule has 0 spiro atoms. The van der Waals surface area contributed by atoms with Crippen molar-refractivity contribution in [1.82, 2.24) is 10.2 Å². The summed E-state index contributed by atoms with van der Waals surface area (Å²) >= 11 is 0. The molecule has 0 aromatic heterocycles. The third-order valence-corrected chi connectivity index (χ3v) is 3.95. The van der Waals surface area contributed by atoms with Gasteiger partial charge in [0.25, 0.3) is 0 Å². The van der Waals surface area contributed by atoms with Crippen LogP contribution in [0.2, 0.25) is 0 Å². The molecule has 2 unspecified atom stereocenters. The summed E-state index contributed by atoms with van der Waals surface area (Å²) in [6.07, 6.45) is 2.96. The minimum absolute atomic E-state index is 0.127. The van der Waals surface area contributed by atoms with E-state index in [2.05, 4.69) is 26.1 Å². The molecule has 15 heavy (non-hydrogen) atoms. The summed E-state index contributed by atoms with van der Waals surface area (Å²) in [5, 5.41) is 3.31. The fourth-order valence-electron chi connectivity index (χ4n) is 2.23. The highest BCUT2D eigenvalue weighted by atomic mass is 16.2. The van der Waals surface area contributed by atoms with Crippen molar-refractivity contribution in [3.05, 3.63) is 0 Å². The Kier molecular flexibility index (Phi) is 4.14. The Morgan fingerprint density at radius 3 is 2.60 bits per heavy atom. The van der Waals surface area contributed by atoms with Gasteiger partial charge in [0, 0.05) is 19.6 Å². The van der Waals surface area contributed by atoms with Crippen molar-refractivity contribution in [3.63, 3.8) is 0 Å². The average molecular weight is 212 g/mol. The van der Waals surface area contributed by atoms with Gasteiger partial charge >= 0.3 is 0 Å². The van der Waals surface area contributed by atoms with Crippen molar-refractivity contribution >= 4 is 5.91 Å². The van der Waals surface area contributed by atoms with Gasteiger partial charge in [-0.1, -0.05) is 13.8 Å². The Balaban J connectivity index is 2.72. The highest BCUT2D eigenvalue weighted by molar-refractivity contribution is 5.83. The van der Waals surface area contributed by atoms with Crippen LogP contribution in [0.3, 0.4) is 0 Å². The van der Waals surface area contributed by atoms with Gasteiger partial charge in [-0.25, -0.2) is 0 Å². The maximum Gasteiger partial charge on any atom is 0.230 e. The molecule has 0 aliphatic carbocycles. The maximum atomic E-state index is 12.4. The van der Waals surface area contributed by atoms with Gasteiger partial charge in [-0.2, -0.15) is 0 Å². The van der Waals surface area contributed by atoms with Gasteiger partial charge in [-0.15, -0.1) is 0 Å². The average Bonchev–Trinajstić information content (AvgIpc) is 2.75. The monoisotopic (exact) mass is 212 g/mol. The molecule has 3 heteroatoms. The molecule has 1 aliphatic heterocycles. The van der Waals surface area contributed by atoms with Gasteiger partial charge in [0.05, 0.1) is 5.41 Å². The Bertz CT molecular complexity index is 222. The lowest BCUT2D eigenvalue weighted by atomic mass is 9.82. The SMILES string of the molecule is CCC(C)N(C)C(=O)C1(CC)CCNC1. The lowest BCUT2D eigenvalue weighted by Crippen LogP contribution is -2.46. The highest BCUT2D eigenvalue weighted by Gasteiger charge is 2.41. The summed E-state index contributed by atoms with van der Waals surface area (Å²) in [7, 11) is 1.94. The van der Waals surface area contributed by atoms with E-state index in [1.54, 1.807) is 0 Å². The number of nitrogens with one attached hydrogen (secondary N) is 1. The van der Waals surface area contributed by atoms with Crippen molar-refractivity contribution in [2.75, 3.05) is 20.1 Å². The number of amides is 1. The van der Waals surface area contributed by atoms with Crippen molar-refractivity contribution < 1.29 is 4.79 Å². The maximum absolute atomic E-state index is 12.4. The first-order valence-corrected chi connectivity index (χ1v) is 6.05. The number of hydrogen-bond donors (Lipinski definition) is 1. The van der Waals surface area contributed by atoms with E-state index in [-0.39, 0.29) is 5.41 Å². The van der Waals surface area contributed by atoms with Gasteiger partial charge in [-0.3, -0.25) is 4.79 Å². The molecule has 1 amide bonds. The Morgan fingerprint density at radius 2 is 2.20 bits per heavy atom. The van der Waals surface area contributed by atoms with Crippen LogP contribution in [0.5, 0.6) is 0 Å². The normalized spacial score (nSPS) is 27.7. The van der Waals surface area contributed by atoms with Crippen LogP contribution in [-0.2, 0) is 4.79 Å². The van der Waals surface area contributed by atoms with Crippen LogP contribution in [0.25, 0.3) is 0 Å². The molecule has 2 atom stereocenters. The van der Waals surface area contributed by atoms with E-state index < -0.39 is 0 Å². The van der Waals surface area contributed by atoms with Gasteiger partial charge in [0.1, 0.15) is 0 Å². The Hall–Kier alpha value is -0.570. The van der Waals surface area contributed by atoms with Gasteiger partial charge in [0.2, 0.25) is 5.91 Å². The zero-order valence-corrected chi connectivity index (χ0v) is 10.5. The standard InChI is InChI=1S/C12H24N2O/c1-5-10(3)14(4)11(15)12(6-2)7-8-13-9-12/h10,13H,5-9H2,1-4H3. The lowest BCUT2D eigenvalue weighted by molar-refractivity contribution is -0.141. The van der Waals surface area contributed by atoms with Crippen LogP contribution in [0, 0.1) is 5.41 Å². The highest BCUT2D eigenvalue weighted by Crippen LogP contribution is 2.32. The van der Waals surface area contributed by atoms with E-state index in [0.29, 0.717) is 11.9 Å². The summed E-state index contributed by atoms with van der Waals surface area (Å²) in [5.74, 6) is 0.323. The zero-order valence-electron chi connectivity index (χ0n) is 10.5. The molecular weight excluding hydrogens is 188 g/mol. The molecule has 1 rings (SSSR count). The van der Waals surface area contributed by atoms with E-state index in [4.69, 9.17) is 0 Å². The molecule has 1 fully saturated rings. The number of carbonyl (C=O) groups is 1. The summed E-state index contributed by atoms with van der Waals surface area (Å²) < 4.78 is 0. The van der Waals surface area contributed by atoms with Crippen molar-refractivity contribution in [2.24, 2.45) is 5.41 Å². The molecule has 3 nitrogen and oxygen atoms in total. The summed E-state index contributed by atoms with van der Waals surface area (Å²) in [5.41, 5.74) is -0.127. The first-order chi connectivity index (χ1) is 7.07. The molecular formula is C12H24N2O. The molecule has 0 saturated carbocycles. The first-order valence-electron chi connectivity index (χ1n) is 6.05. The summed E-state index contributed by atoms with van der Waals surface area (Å²) in [6, 6.07) is 0.349. The third-order valence-electron chi connectivity index (χ3n) is 3.95. The van der Waals surface area contributed by atoms with Crippen molar-refractivity contribution in [3.8, 4) is 0 Å². The Morgan fingerprint density at radius 1 is 1.53 bits per heavy atom. The molecule has 0 aromatic carbocycles. The van der Waals surface area contributed by atoms with Crippen LogP contribution in [-0.4, -0.2) is 37.0 Å². The van der Waals surface area contributed by atoms with Gasteiger partial charge < -0.3 is 10.2 Å². The van der Waals surface area contributed by atoms with E-state index in [0.717, 1.165) is 32.4 Å². The number of hydrogen-bond acceptors (Lipinski definition) is 2. The largest absolute Gasteiger partial charge is 0.343 e. The first kappa shape index (κ1) is 12.5. The summed E-state index contributed by atoms with van der Waals surface area (Å²) in [4.78, 5) is 14.3. The second kappa shape index (κ2) is 4.97. The number of rotatable bonds is 4. The predicted octanol–water partition coefficient (Wildman–Crippen LogP) is 1.63. The van der Waals surface area contributed by atoms with Crippen LogP contribution < -0.4 is 5.32 Å². The molecule has 0 aromatic rings. The minimum atomic E-state index is -0.127. The quantitative estimate of drug-likeness (QED) is 0.768. The second-order valence-electron chi connectivity index (χ2n) is 4.73. The van der Waals surface area contributed by atoms with E-state index in [1.165, 1.54) is 0 Å². The fraction of sp³-hybridized carbons (Fsp3) is 0.917. The zero-order chi connectivity index (χ0) is 11.5. The van der Waals surface area contributed by atoms with Gasteiger partial charge in [-0.05, 0) is 32.7 Å². The minimum Gasteiger partial charge on any atom is -0.343 e. The summed E-state index contributed by atoms with van der Waals surface area (Å²) in [6.45, 7) is 8.19. The molecule has 1 saturated heterocycles. The fourth-order valence-corrected chi connectivity index (χ4v) is 2.23. The predicted molar refractivity (Wildman–Crippen MR) is 62.7 cm³/mol. The van der Waals surface area contributed by atoms with Crippen LogP contribution in [0.1, 0.15) is 40.0 Å². The van der Waals surface area contributed by atoms with Crippen LogP contribution in [0.4, 0.5) is 0 Å². The molecule has 1 aliphatic rings. The van der Waals surface area contributed by atoms with E-state index in [9.17, 15) is 4.79 Å². The van der Waals surface area contributed by atoms with Gasteiger partial charge in [0.15, 0.2) is 0 Å². The molecule has 88 valence electrons. The molecule has 1 heterocycles. The molecule has 0 bridgehead atoms. The Labute approximate surface area is 93.2 Å². The lowest BCUT2D eigenvalue weighted by Gasteiger charge is -2.34.